The van der Waals surface area contributed by atoms with E-state index in [0.29, 0.717) is 19.4 Å². The maximum Gasteiger partial charge on any atom is 0.391 e. The van der Waals surface area contributed by atoms with Gasteiger partial charge < -0.3 is 4.90 Å². The van der Waals surface area contributed by atoms with Crippen molar-refractivity contribution in [2.45, 2.75) is 58.2 Å². The molecule has 3 nitrogen and oxygen atoms in total. The smallest absolute Gasteiger partial charge is 0.339 e. The minimum atomic E-state index is -4.15. The van der Waals surface area contributed by atoms with E-state index in [1.165, 1.54) is 0 Å². The Morgan fingerprint density at radius 1 is 1.30 bits per heavy atom. The number of nitriles is 1. The van der Waals surface area contributed by atoms with Crippen LogP contribution < -0.4 is 0 Å². The summed E-state index contributed by atoms with van der Waals surface area (Å²) in [6.07, 6.45) is -3.25. The monoisotopic (exact) mass is 290 g/mol. The van der Waals surface area contributed by atoms with Gasteiger partial charge in [-0.2, -0.15) is 18.4 Å². The zero-order valence-corrected chi connectivity index (χ0v) is 11.9. The average molecular weight is 290 g/mol. The third kappa shape index (κ3) is 4.39. The Labute approximate surface area is 117 Å². The zero-order valence-electron chi connectivity index (χ0n) is 11.9. The first kappa shape index (κ1) is 16.8. The highest BCUT2D eigenvalue weighted by Crippen LogP contribution is 2.40. The lowest BCUT2D eigenvalue weighted by molar-refractivity contribution is -0.185. The van der Waals surface area contributed by atoms with E-state index < -0.39 is 12.1 Å². The fraction of sp³-hybridized carbons (Fsp3) is 0.857. The summed E-state index contributed by atoms with van der Waals surface area (Å²) in [6.45, 7) is 4.07. The second-order valence-electron chi connectivity index (χ2n) is 5.62. The summed E-state index contributed by atoms with van der Waals surface area (Å²) in [5, 5.41) is 8.60. The lowest BCUT2D eigenvalue weighted by Crippen LogP contribution is -2.43. The Morgan fingerprint density at radius 2 is 1.85 bits per heavy atom. The fourth-order valence-corrected chi connectivity index (χ4v) is 2.70. The number of amides is 1. The molecule has 0 saturated heterocycles. The summed E-state index contributed by atoms with van der Waals surface area (Å²) < 4.78 is 37.8. The molecule has 0 radical (unpaired) electrons. The maximum absolute atomic E-state index is 12.6. The Hall–Kier alpha value is -1.25. The molecule has 0 aromatic heterocycles. The standard InChI is InChI=1S/C14H21F3N2O/c1-10(2)19(9-3-8-18)13(20)11-4-6-12(7-5-11)14(15,16)17/h10-12H,3-7,9H2,1-2H3. The number of carbonyl (C=O) groups is 1. The highest BCUT2D eigenvalue weighted by Gasteiger charge is 2.43. The van der Waals surface area contributed by atoms with Crippen molar-refractivity contribution in [1.29, 1.82) is 5.26 Å². The molecular formula is C14H21F3N2O. The SMILES string of the molecule is CC(C)N(CCC#N)C(=O)C1CCC(C(F)(F)F)CC1. The van der Waals surface area contributed by atoms with Crippen LogP contribution >= 0.6 is 0 Å². The summed E-state index contributed by atoms with van der Waals surface area (Å²) in [7, 11) is 0. The maximum atomic E-state index is 12.6. The third-order valence-corrected chi connectivity index (χ3v) is 3.91. The fourth-order valence-electron chi connectivity index (χ4n) is 2.70. The summed E-state index contributed by atoms with van der Waals surface area (Å²) in [5.41, 5.74) is 0. The highest BCUT2D eigenvalue weighted by atomic mass is 19.4. The molecule has 0 spiro atoms. The predicted molar refractivity (Wildman–Crippen MR) is 68.6 cm³/mol. The van der Waals surface area contributed by atoms with Gasteiger partial charge in [0.15, 0.2) is 0 Å². The van der Waals surface area contributed by atoms with Crippen molar-refractivity contribution >= 4 is 5.91 Å². The summed E-state index contributed by atoms with van der Waals surface area (Å²) in [4.78, 5) is 14.0. The molecule has 1 rings (SSSR count). The van der Waals surface area contributed by atoms with Gasteiger partial charge in [0.1, 0.15) is 0 Å². The molecule has 1 amide bonds. The second kappa shape index (κ2) is 6.96. The molecule has 1 aliphatic rings. The van der Waals surface area contributed by atoms with E-state index in [0.717, 1.165) is 0 Å². The van der Waals surface area contributed by atoms with Gasteiger partial charge in [-0.15, -0.1) is 0 Å². The van der Waals surface area contributed by atoms with Gasteiger partial charge in [0.25, 0.3) is 0 Å². The van der Waals surface area contributed by atoms with Crippen LogP contribution in [0.4, 0.5) is 13.2 Å². The minimum absolute atomic E-state index is 0.0313. The quantitative estimate of drug-likeness (QED) is 0.795. The molecule has 0 aromatic rings. The number of alkyl halides is 3. The highest BCUT2D eigenvalue weighted by molar-refractivity contribution is 5.79. The van der Waals surface area contributed by atoms with Crippen molar-refractivity contribution in [3.8, 4) is 6.07 Å². The number of hydrogen-bond acceptors (Lipinski definition) is 2. The van der Waals surface area contributed by atoms with Gasteiger partial charge >= 0.3 is 6.18 Å². The van der Waals surface area contributed by atoms with E-state index in [4.69, 9.17) is 5.26 Å². The molecule has 0 aliphatic heterocycles. The topological polar surface area (TPSA) is 44.1 Å². The van der Waals surface area contributed by atoms with Crippen LogP contribution in [0.1, 0.15) is 46.0 Å². The predicted octanol–water partition coefficient (Wildman–Crippen LogP) is 3.51. The molecule has 0 atom stereocenters. The van der Waals surface area contributed by atoms with Gasteiger partial charge in [-0.3, -0.25) is 4.79 Å². The van der Waals surface area contributed by atoms with Crippen molar-refractivity contribution in [2.24, 2.45) is 11.8 Å². The Kier molecular flexibility index (Phi) is 5.85. The lowest BCUT2D eigenvalue weighted by Gasteiger charge is -2.34. The van der Waals surface area contributed by atoms with Gasteiger partial charge in [0.05, 0.1) is 18.4 Å². The molecule has 0 unspecified atom stereocenters. The molecule has 1 saturated carbocycles. The first-order chi connectivity index (χ1) is 9.27. The van der Waals surface area contributed by atoms with Crippen LogP contribution in [0, 0.1) is 23.2 Å². The summed E-state index contributed by atoms with van der Waals surface area (Å²) >= 11 is 0. The van der Waals surface area contributed by atoms with Gasteiger partial charge in [-0.05, 0) is 39.5 Å². The van der Waals surface area contributed by atoms with Crippen LogP contribution in [-0.2, 0) is 4.79 Å². The van der Waals surface area contributed by atoms with Crippen molar-refractivity contribution in [3.63, 3.8) is 0 Å². The van der Waals surface area contributed by atoms with E-state index in [9.17, 15) is 18.0 Å². The molecule has 1 fully saturated rings. The van der Waals surface area contributed by atoms with E-state index >= 15 is 0 Å². The molecule has 0 heterocycles. The number of halogens is 3. The summed E-state index contributed by atoms with van der Waals surface area (Å²) in [6, 6.07) is 1.96. The Morgan fingerprint density at radius 3 is 2.25 bits per heavy atom. The first-order valence-electron chi connectivity index (χ1n) is 7.01. The van der Waals surface area contributed by atoms with Crippen molar-refractivity contribution in [3.05, 3.63) is 0 Å². The molecule has 0 N–H and O–H groups in total. The molecule has 0 bridgehead atoms. The number of carbonyl (C=O) groups excluding carboxylic acids is 1. The van der Waals surface area contributed by atoms with E-state index in [2.05, 4.69) is 0 Å². The summed E-state index contributed by atoms with van der Waals surface area (Å²) in [5.74, 6) is -1.69. The van der Waals surface area contributed by atoms with E-state index in [1.54, 1.807) is 4.90 Å². The largest absolute Gasteiger partial charge is 0.391 e. The van der Waals surface area contributed by atoms with Crippen LogP contribution in [0.2, 0.25) is 0 Å². The van der Waals surface area contributed by atoms with Crippen LogP contribution in [0.25, 0.3) is 0 Å². The number of hydrogen-bond donors (Lipinski definition) is 0. The molecule has 114 valence electrons. The van der Waals surface area contributed by atoms with Gasteiger partial charge in [-0.1, -0.05) is 0 Å². The van der Waals surface area contributed by atoms with E-state index in [-0.39, 0.29) is 37.1 Å². The van der Waals surface area contributed by atoms with Crippen LogP contribution in [-0.4, -0.2) is 29.6 Å². The minimum Gasteiger partial charge on any atom is -0.339 e. The average Bonchev–Trinajstić information content (AvgIpc) is 2.37. The Balaban J connectivity index is 2.58. The van der Waals surface area contributed by atoms with E-state index in [1.807, 2.05) is 19.9 Å². The second-order valence-corrected chi connectivity index (χ2v) is 5.62. The van der Waals surface area contributed by atoms with Gasteiger partial charge in [0, 0.05) is 18.5 Å². The lowest BCUT2D eigenvalue weighted by atomic mass is 9.81. The Bertz CT molecular complexity index is 366. The first-order valence-corrected chi connectivity index (χ1v) is 7.01. The van der Waals surface area contributed by atoms with Crippen molar-refractivity contribution in [1.82, 2.24) is 4.90 Å². The zero-order chi connectivity index (χ0) is 15.3. The number of rotatable bonds is 4. The van der Waals surface area contributed by atoms with Crippen LogP contribution in [0.15, 0.2) is 0 Å². The molecule has 0 aromatic carbocycles. The normalized spacial score (nSPS) is 23.4. The molecular weight excluding hydrogens is 269 g/mol. The number of nitrogens with zero attached hydrogens (tertiary/aromatic N) is 2. The van der Waals surface area contributed by atoms with Crippen LogP contribution in [0.5, 0.6) is 0 Å². The van der Waals surface area contributed by atoms with Crippen molar-refractivity contribution in [2.75, 3.05) is 6.54 Å². The van der Waals surface area contributed by atoms with Crippen LogP contribution in [0.3, 0.4) is 0 Å². The molecule has 20 heavy (non-hydrogen) atoms. The third-order valence-electron chi connectivity index (χ3n) is 3.91. The van der Waals surface area contributed by atoms with Crippen molar-refractivity contribution < 1.29 is 18.0 Å². The molecule has 6 heteroatoms. The molecule has 1 aliphatic carbocycles. The van der Waals surface area contributed by atoms with Gasteiger partial charge in [-0.25, -0.2) is 0 Å². The van der Waals surface area contributed by atoms with Gasteiger partial charge in [0.2, 0.25) is 5.91 Å².